The predicted octanol–water partition coefficient (Wildman–Crippen LogP) is 3.62. The molecule has 2 rings (SSSR count). The summed E-state index contributed by atoms with van der Waals surface area (Å²) in [4.78, 5) is 14.2. The van der Waals surface area contributed by atoms with Gasteiger partial charge in [-0.3, -0.25) is 4.79 Å². The Morgan fingerprint density at radius 1 is 1.33 bits per heavy atom. The monoisotopic (exact) mass is 265 g/mol. The lowest BCUT2D eigenvalue weighted by molar-refractivity contribution is 0.0700. The van der Waals surface area contributed by atoms with Crippen molar-refractivity contribution in [1.82, 2.24) is 4.90 Å². The summed E-state index contributed by atoms with van der Waals surface area (Å²) in [5.41, 5.74) is 1.87. The molecule has 98 valence electrons. The maximum absolute atomic E-state index is 12.4. The zero-order valence-electron chi connectivity index (χ0n) is 11.0. The van der Waals surface area contributed by atoms with Crippen molar-refractivity contribution in [3.8, 4) is 0 Å². The number of carbonyl (C=O) groups excluding carboxylic acids is 1. The highest BCUT2D eigenvalue weighted by Gasteiger charge is 2.29. The van der Waals surface area contributed by atoms with Crippen LogP contribution in [0, 0.1) is 6.92 Å². The first-order valence-corrected chi connectivity index (χ1v) is 7.01. The first-order chi connectivity index (χ1) is 8.59. The van der Waals surface area contributed by atoms with Crippen molar-refractivity contribution < 1.29 is 4.79 Å². The van der Waals surface area contributed by atoms with Crippen molar-refractivity contribution in [2.75, 3.05) is 7.05 Å². The molecule has 2 atom stereocenters. The van der Waals surface area contributed by atoms with Gasteiger partial charge in [-0.25, -0.2) is 0 Å². The van der Waals surface area contributed by atoms with E-state index in [1.165, 1.54) is 12.8 Å². The number of alkyl halides is 1. The number of benzene rings is 1. The normalized spacial score (nSPS) is 23.7. The van der Waals surface area contributed by atoms with Crippen molar-refractivity contribution in [2.24, 2.45) is 0 Å². The van der Waals surface area contributed by atoms with Gasteiger partial charge in [-0.05, 0) is 31.9 Å². The second-order valence-corrected chi connectivity index (χ2v) is 5.71. The van der Waals surface area contributed by atoms with Gasteiger partial charge in [0.25, 0.3) is 5.91 Å². The molecule has 0 heterocycles. The van der Waals surface area contributed by atoms with Crippen LogP contribution < -0.4 is 0 Å². The molecule has 1 aromatic carbocycles. The van der Waals surface area contributed by atoms with Crippen LogP contribution >= 0.6 is 11.6 Å². The van der Waals surface area contributed by atoms with E-state index < -0.39 is 0 Å². The average Bonchev–Trinajstić information content (AvgIpc) is 2.37. The zero-order chi connectivity index (χ0) is 13.1. The Morgan fingerprint density at radius 2 is 2.06 bits per heavy atom. The van der Waals surface area contributed by atoms with E-state index in [4.69, 9.17) is 11.6 Å². The smallest absolute Gasteiger partial charge is 0.253 e. The summed E-state index contributed by atoms with van der Waals surface area (Å²) >= 11 is 6.35. The van der Waals surface area contributed by atoms with Gasteiger partial charge in [0.05, 0.1) is 5.38 Å². The van der Waals surface area contributed by atoms with Gasteiger partial charge < -0.3 is 4.90 Å². The summed E-state index contributed by atoms with van der Waals surface area (Å²) in [6.07, 6.45) is 4.37. The number of hydrogen-bond donors (Lipinski definition) is 0. The highest BCUT2D eigenvalue weighted by atomic mass is 35.5. The summed E-state index contributed by atoms with van der Waals surface area (Å²) in [6.45, 7) is 2.00. The van der Waals surface area contributed by atoms with Crippen LogP contribution in [0.2, 0.25) is 0 Å². The van der Waals surface area contributed by atoms with Crippen molar-refractivity contribution >= 4 is 17.5 Å². The third-order valence-corrected chi connectivity index (χ3v) is 4.24. The Kier molecular flexibility index (Phi) is 4.28. The fourth-order valence-electron chi connectivity index (χ4n) is 2.63. The molecule has 3 heteroatoms. The summed E-state index contributed by atoms with van der Waals surface area (Å²) in [6, 6.07) is 7.91. The van der Waals surface area contributed by atoms with Crippen molar-refractivity contribution in [3.63, 3.8) is 0 Å². The van der Waals surface area contributed by atoms with Crippen LogP contribution in [0.5, 0.6) is 0 Å². The molecule has 1 aromatic rings. The Hall–Kier alpha value is -1.02. The number of amides is 1. The minimum absolute atomic E-state index is 0.0799. The lowest BCUT2D eigenvalue weighted by Gasteiger charge is -2.35. The molecule has 0 aliphatic heterocycles. The fourth-order valence-corrected chi connectivity index (χ4v) is 3.08. The van der Waals surface area contributed by atoms with E-state index in [2.05, 4.69) is 0 Å². The van der Waals surface area contributed by atoms with E-state index in [-0.39, 0.29) is 17.3 Å². The van der Waals surface area contributed by atoms with Crippen molar-refractivity contribution in [3.05, 3.63) is 35.4 Å². The number of carbonyl (C=O) groups is 1. The van der Waals surface area contributed by atoms with E-state index >= 15 is 0 Å². The maximum Gasteiger partial charge on any atom is 0.253 e. The first kappa shape index (κ1) is 13.4. The van der Waals surface area contributed by atoms with Crippen LogP contribution in [0.4, 0.5) is 0 Å². The number of aryl methyl sites for hydroxylation is 1. The number of rotatable bonds is 2. The largest absolute Gasteiger partial charge is 0.337 e. The number of hydrogen-bond acceptors (Lipinski definition) is 1. The molecular weight excluding hydrogens is 246 g/mol. The molecule has 1 aliphatic rings. The molecule has 2 unspecified atom stereocenters. The van der Waals surface area contributed by atoms with Gasteiger partial charge in [-0.2, -0.15) is 0 Å². The lowest BCUT2D eigenvalue weighted by Crippen LogP contribution is -2.44. The zero-order valence-corrected chi connectivity index (χ0v) is 11.8. The van der Waals surface area contributed by atoms with Gasteiger partial charge in [0, 0.05) is 18.7 Å². The summed E-state index contributed by atoms with van der Waals surface area (Å²) in [5.74, 6) is 0.0799. The molecule has 18 heavy (non-hydrogen) atoms. The Morgan fingerprint density at radius 3 is 2.72 bits per heavy atom. The van der Waals surface area contributed by atoms with Gasteiger partial charge >= 0.3 is 0 Å². The highest BCUT2D eigenvalue weighted by molar-refractivity contribution is 6.21. The van der Waals surface area contributed by atoms with Crippen LogP contribution in [-0.4, -0.2) is 29.3 Å². The second kappa shape index (κ2) is 5.75. The van der Waals surface area contributed by atoms with Crippen LogP contribution in [0.15, 0.2) is 24.3 Å². The standard InChI is InChI=1S/C15H20ClNO/c1-11-6-5-7-12(10-11)15(18)17(2)14-9-4-3-8-13(14)16/h5-7,10,13-14H,3-4,8-9H2,1-2H3. The molecule has 0 spiro atoms. The van der Waals surface area contributed by atoms with E-state index in [0.29, 0.717) is 0 Å². The molecule has 1 amide bonds. The highest BCUT2D eigenvalue weighted by Crippen LogP contribution is 2.27. The van der Waals surface area contributed by atoms with E-state index in [0.717, 1.165) is 24.0 Å². The summed E-state index contributed by atoms with van der Waals surface area (Å²) in [7, 11) is 1.87. The van der Waals surface area contributed by atoms with Gasteiger partial charge in [0.15, 0.2) is 0 Å². The molecule has 1 aliphatic carbocycles. The SMILES string of the molecule is Cc1cccc(C(=O)N(C)C2CCCCC2Cl)c1. The van der Waals surface area contributed by atoms with Crippen LogP contribution in [0.1, 0.15) is 41.6 Å². The van der Waals surface area contributed by atoms with Gasteiger partial charge in [0.2, 0.25) is 0 Å². The fraction of sp³-hybridized carbons (Fsp3) is 0.533. The third kappa shape index (κ3) is 2.86. The number of nitrogens with zero attached hydrogens (tertiary/aromatic N) is 1. The van der Waals surface area contributed by atoms with E-state index in [1.54, 1.807) is 0 Å². The molecule has 1 saturated carbocycles. The van der Waals surface area contributed by atoms with Crippen LogP contribution in [0.25, 0.3) is 0 Å². The Bertz CT molecular complexity index is 432. The molecular formula is C15H20ClNO. The molecule has 0 bridgehead atoms. The van der Waals surface area contributed by atoms with Gasteiger partial charge in [0.1, 0.15) is 0 Å². The molecule has 0 radical (unpaired) electrons. The first-order valence-electron chi connectivity index (χ1n) is 6.57. The van der Waals surface area contributed by atoms with Gasteiger partial charge in [-0.15, -0.1) is 11.6 Å². The number of halogens is 1. The summed E-state index contributed by atoms with van der Waals surface area (Å²) < 4.78 is 0. The topological polar surface area (TPSA) is 20.3 Å². The Labute approximate surface area is 114 Å². The molecule has 0 N–H and O–H groups in total. The maximum atomic E-state index is 12.4. The predicted molar refractivity (Wildman–Crippen MR) is 75.2 cm³/mol. The van der Waals surface area contributed by atoms with E-state index in [9.17, 15) is 4.79 Å². The summed E-state index contributed by atoms with van der Waals surface area (Å²) in [5, 5.41) is 0.0949. The molecule has 0 aromatic heterocycles. The quantitative estimate of drug-likeness (QED) is 0.748. The molecule has 2 nitrogen and oxygen atoms in total. The minimum Gasteiger partial charge on any atom is -0.337 e. The van der Waals surface area contributed by atoms with Gasteiger partial charge in [-0.1, -0.05) is 30.5 Å². The Balaban J connectivity index is 2.13. The third-order valence-electron chi connectivity index (χ3n) is 3.73. The minimum atomic E-state index is 0.0799. The van der Waals surface area contributed by atoms with Crippen molar-refractivity contribution in [2.45, 2.75) is 44.0 Å². The van der Waals surface area contributed by atoms with E-state index in [1.807, 2.05) is 43.1 Å². The second-order valence-electron chi connectivity index (χ2n) is 5.15. The molecule has 0 saturated heterocycles. The van der Waals surface area contributed by atoms with Crippen LogP contribution in [-0.2, 0) is 0 Å². The molecule has 1 fully saturated rings. The van der Waals surface area contributed by atoms with Crippen LogP contribution in [0.3, 0.4) is 0 Å². The average molecular weight is 266 g/mol. The van der Waals surface area contributed by atoms with Crippen molar-refractivity contribution in [1.29, 1.82) is 0 Å². The lowest BCUT2D eigenvalue weighted by atomic mass is 9.93.